The van der Waals surface area contributed by atoms with E-state index in [1.165, 1.54) is 6.08 Å². The highest BCUT2D eigenvalue weighted by atomic mass is 16.3. The second-order valence-corrected chi connectivity index (χ2v) is 4.75. The molecule has 0 saturated heterocycles. The van der Waals surface area contributed by atoms with E-state index in [0.29, 0.717) is 0 Å². The van der Waals surface area contributed by atoms with Gasteiger partial charge in [-0.15, -0.1) is 0 Å². The molecule has 18 heavy (non-hydrogen) atoms. The maximum absolute atomic E-state index is 11.7. The fraction of sp³-hybridized carbons (Fsp3) is 0.538. The third-order valence-electron chi connectivity index (χ3n) is 3.21. The average molecular weight is 249 g/mol. The molecule has 0 aliphatic heterocycles. The summed E-state index contributed by atoms with van der Waals surface area (Å²) in [6.07, 6.45) is 10.1. The van der Waals surface area contributed by atoms with Gasteiger partial charge in [-0.2, -0.15) is 5.10 Å². The summed E-state index contributed by atoms with van der Waals surface area (Å²) in [7, 11) is 1.83. The Morgan fingerprint density at radius 3 is 3.00 bits per heavy atom. The first-order valence-electron chi connectivity index (χ1n) is 6.30. The molecule has 1 fully saturated rings. The summed E-state index contributed by atoms with van der Waals surface area (Å²) in [5, 5.41) is 16.6. The monoisotopic (exact) mass is 249 g/mol. The highest BCUT2D eigenvalue weighted by Crippen LogP contribution is 2.18. The Hall–Kier alpha value is -1.62. The molecular weight excluding hydrogens is 230 g/mol. The summed E-state index contributed by atoms with van der Waals surface area (Å²) < 4.78 is 1.68. The molecule has 1 aromatic rings. The molecule has 98 valence electrons. The van der Waals surface area contributed by atoms with E-state index in [1.54, 1.807) is 17.0 Å². The van der Waals surface area contributed by atoms with Crippen molar-refractivity contribution in [2.45, 2.75) is 37.8 Å². The highest BCUT2D eigenvalue weighted by molar-refractivity contribution is 5.91. The summed E-state index contributed by atoms with van der Waals surface area (Å²) in [5.41, 5.74) is 0.886. The SMILES string of the molecule is Cn1cc(/C=C/C(=O)N[C@H]2CCCC[C@@H]2O)cn1. The lowest BCUT2D eigenvalue weighted by molar-refractivity contribution is -0.118. The average Bonchev–Trinajstić information content (AvgIpc) is 2.76. The van der Waals surface area contributed by atoms with Crippen LogP contribution in [0.25, 0.3) is 6.08 Å². The molecule has 0 unspecified atom stereocenters. The first kappa shape index (κ1) is 12.8. The van der Waals surface area contributed by atoms with Crippen LogP contribution in [-0.4, -0.2) is 32.9 Å². The largest absolute Gasteiger partial charge is 0.391 e. The predicted octanol–water partition coefficient (Wildman–Crippen LogP) is 0.853. The third-order valence-corrected chi connectivity index (χ3v) is 3.21. The Bertz CT molecular complexity index is 439. The number of nitrogens with zero attached hydrogens (tertiary/aromatic N) is 2. The van der Waals surface area contributed by atoms with Crippen molar-refractivity contribution < 1.29 is 9.90 Å². The maximum Gasteiger partial charge on any atom is 0.244 e. The number of aliphatic hydroxyl groups excluding tert-OH is 1. The molecule has 1 amide bonds. The van der Waals surface area contributed by atoms with Crippen LogP contribution in [0.2, 0.25) is 0 Å². The molecule has 2 N–H and O–H groups in total. The normalized spacial score (nSPS) is 24.3. The zero-order chi connectivity index (χ0) is 13.0. The molecule has 1 aromatic heterocycles. The molecule has 1 heterocycles. The Balaban J connectivity index is 1.86. The van der Waals surface area contributed by atoms with Crippen molar-refractivity contribution in [2.24, 2.45) is 7.05 Å². The lowest BCUT2D eigenvalue weighted by Gasteiger charge is -2.27. The smallest absolute Gasteiger partial charge is 0.244 e. The molecule has 2 rings (SSSR count). The van der Waals surface area contributed by atoms with E-state index in [2.05, 4.69) is 10.4 Å². The van der Waals surface area contributed by atoms with Gasteiger partial charge >= 0.3 is 0 Å². The number of rotatable bonds is 3. The standard InChI is InChI=1S/C13H19N3O2/c1-16-9-10(8-14-16)6-7-13(18)15-11-4-2-3-5-12(11)17/h6-9,11-12,17H,2-5H2,1H3,(H,15,18)/b7-6+/t11-,12-/m0/s1. The highest BCUT2D eigenvalue weighted by Gasteiger charge is 2.23. The molecule has 0 bridgehead atoms. The number of aromatic nitrogens is 2. The molecular formula is C13H19N3O2. The van der Waals surface area contributed by atoms with Crippen LogP contribution in [0.1, 0.15) is 31.2 Å². The fourth-order valence-electron chi connectivity index (χ4n) is 2.21. The zero-order valence-corrected chi connectivity index (χ0v) is 10.5. The molecule has 0 spiro atoms. The quantitative estimate of drug-likeness (QED) is 0.781. The second kappa shape index (κ2) is 5.82. The number of nitrogens with one attached hydrogen (secondary N) is 1. The van der Waals surface area contributed by atoms with Gasteiger partial charge in [-0.25, -0.2) is 0 Å². The van der Waals surface area contributed by atoms with Crippen LogP contribution in [0.5, 0.6) is 0 Å². The molecule has 2 atom stereocenters. The number of aryl methyl sites for hydroxylation is 1. The van der Waals surface area contributed by atoms with Crippen LogP contribution < -0.4 is 5.32 Å². The maximum atomic E-state index is 11.7. The summed E-state index contributed by atoms with van der Waals surface area (Å²) in [5.74, 6) is -0.162. The van der Waals surface area contributed by atoms with Crippen molar-refractivity contribution in [1.29, 1.82) is 0 Å². The number of amides is 1. The van der Waals surface area contributed by atoms with E-state index in [4.69, 9.17) is 0 Å². The summed E-state index contributed by atoms with van der Waals surface area (Å²) in [6, 6.07) is -0.107. The summed E-state index contributed by atoms with van der Waals surface area (Å²) in [4.78, 5) is 11.7. The molecule has 1 aliphatic carbocycles. The predicted molar refractivity (Wildman–Crippen MR) is 68.6 cm³/mol. The topological polar surface area (TPSA) is 67.2 Å². The van der Waals surface area contributed by atoms with Crippen molar-refractivity contribution in [2.75, 3.05) is 0 Å². The van der Waals surface area contributed by atoms with Crippen molar-refractivity contribution in [3.8, 4) is 0 Å². The van der Waals surface area contributed by atoms with E-state index < -0.39 is 6.10 Å². The second-order valence-electron chi connectivity index (χ2n) is 4.75. The Morgan fingerprint density at radius 1 is 1.56 bits per heavy atom. The molecule has 1 aliphatic rings. The number of hydrogen-bond donors (Lipinski definition) is 2. The number of aliphatic hydroxyl groups is 1. The van der Waals surface area contributed by atoms with Gasteiger partial charge in [-0.3, -0.25) is 9.48 Å². The Labute approximate surface area is 106 Å². The molecule has 1 saturated carbocycles. The molecule has 0 radical (unpaired) electrons. The van der Waals surface area contributed by atoms with E-state index in [-0.39, 0.29) is 11.9 Å². The van der Waals surface area contributed by atoms with Gasteiger partial charge in [-0.1, -0.05) is 12.8 Å². The van der Waals surface area contributed by atoms with Gasteiger partial charge in [0.2, 0.25) is 5.91 Å². The van der Waals surface area contributed by atoms with Gasteiger partial charge in [0.05, 0.1) is 18.3 Å². The van der Waals surface area contributed by atoms with Gasteiger partial charge in [0.1, 0.15) is 0 Å². The van der Waals surface area contributed by atoms with Gasteiger partial charge in [0.25, 0.3) is 0 Å². The fourth-order valence-corrected chi connectivity index (χ4v) is 2.21. The van der Waals surface area contributed by atoms with Gasteiger partial charge < -0.3 is 10.4 Å². The third kappa shape index (κ3) is 3.43. The Kier molecular flexibility index (Phi) is 4.15. The van der Waals surface area contributed by atoms with Crippen LogP contribution in [0, 0.1) is 0 Å². The lowest BCUT2D eigenvalue weighted by atomic mass is 9.92. The van der Waals surface area contributed by atoms with Crippen LogP contribution in [0.4, 0.5) is 0 Å². The van der Waals surface area contributed by atoms with E-state index >= 15 is 0 Å². The number of hydrogen-bond acceptors (Lipinski definition) is 3. The lowest BCUT2D eigenvalue weighted by Crippen LogP contribution is -2.44. The van der Waals surface area contributed by atoms with E-state index in [9.17, 15) is 9.90 Å². The first-order valence-corrected chi connectivity index (χ1v) is 6.30. The minimum Gasteiger partial charge on any atom is -0.391 e. The van der Waals surface area contributed by atoms with E-state index in [0.717, 1.165) is 31.2 Å². The van der Waals surface area contributed by atoms with Crippen molar-refractivity contribution in [3.05, 3.63) is 24.0 Å². The van der Waals surface area contributed by atoms with Crippen LogP contribution in [0.15, 0.2) is 18.5 Å². The van der Waals surface area contributed by atoms with Crippen LogP contribution >= 0.6 is 0 Å². The minimum absolute atomic E-state index is 0.107. The summed E-state index contributed by atoms with van der Waals surface area (Å²) in [6.45, 7) is 0. The van der Waals surface area contributed by atoms with Gasteiger partial charge in [-0.05, 0) is 18.9 Å². The molecule has 5 nitrogen and oxygen atoms in total. The zero-order valence-electron chi connectivity index (χ0n) is 10.5. The van der Waals surface area contributed by atoms with Gasteiger partial charge in [0, 0.05) is 24.9 Å². The van der Waals surface area contributed by atoms with E-state index in [1.807, 2.05) is 13.2 Å². The minimum atomic E-state index is -0.408. The molecule has 5 heteroatoms. The number of carbonyl (C=O) groups excluding carboxylic acids is 1. The van der Waals surface area contributed by atoms with Crippen molar-refractivity contribution >= 4 is 12.0 Å². The first-order chi connectivity index (χ1) is 8.65. The Morgan fingerprint density at radius 2 is 2.33 bits per heavy atom. The van der Waals surface area contributed by atoms with Crippen molar-refractivity contribution in [1.82, 2.24) is 15.1 Å². The van der Waals surface area contributed by atoms with Crippen LogP contribution in [0.3, 0.4) is 0 Å². The summed E-state index contributed by atoms with van der Waals surface area (Å²) >= 11 is 0. The number of carbonyl (C=O) groups is 1. The van der Waals surface area contributed by atoms with Crippen LogP contribution in [-0.2, 0) is 11.8 Å². The van der Waals surface area contributed by atoms with Gasteiger partial charge in [0.15, 0.2) is 0 Å². The van der Waals surface area contributed by atoms with Crippen molar-refractivity contribution in [3.63, 3.8) is 0 Å². The molecule has 0 aromatic carbocycles.